The molecule has 1 N–H and O–H groups in total. The number of rotatable bonds is 9. The first kappa shape index (κ1) is 20.7. The van der Waals surface area contributed by atoms with E-state index >= 15 is 0 Å². The Kier molecular flexibility index (Phi) is 5.97. The number of anilines is 1. The Labute approximate surface area is 191 Å². The lowest BCUT2D eigenvalue weighted by Gasteiger charge is -2.13. The maximum Gasteiger partial charge on any atom is 0.259 e. The predicted molar refractivity (Wildman–Crippen MR) is 123 cm³/mol. The third-order valence-electron chi connectivity index (χ3n) is 5.25. The van der Waals surface area contributed by atoms with E-state index in [9.17, 15) is 4.79 Å². The number of nitrogens with zero attached hydrogens (tertiary/aromatic N) is 4. The van der Waals surface area contributed by atoms with Crippen LogP contribution in [-0.2, 0) is 0 Å². The fraction of sp³-hybridized carbons (Fsp3) is 0.200. The van der Waals surface area contributed by atoms with Crippen molar-refractivity contribution in [2.45, 2.75) is 18.9 Å². The number of aromatic nitrogens is 4. The van der Waals surface area contributed by atoms with Crippen LogP contribution in [0.2, 0.25) is 0 Å². The number of benzene rings is 3. The molecule has 0 bridgehead atoms. The summed E-state index contributed by atoms with van der Waals surface area (Å²) in [6, 6.07) is 24.6. The zero-order valence-corrected chi connectivity index (χ0v) is 17.9. The van der Waals surface area contributed by atoms with Crippen molar-refractivity contribution in [3.8, 4) is 22.9 Å². The molecule has 0 aliphatic heterocycles. The van der Waals surface area contributed by atoms with Gasteiger partial charge in [-0.2, -0.15) is 0 Å². The van der Waals surface area contributed by atoms with Gasteiger partial charge in [0, 0.05) is 11.3 Å². The minimum Gasteiger partial charge on any atom is -0.490 e. The molecule has 166 valence electrons. The van der Waals surface area contributed by atoms with E-state index in [0.717, 1.165) is 24.2 Å². The minimum absolute atomic E-state index is 0.256. The number of amides is 1. The van der Waals surface area contributed by atoms with Crippen LogP contribution >= 0.6 is 0 Å². The quantitative estimate of drug-likeness (QED) is 0.388. The Hall–Kier alpha value is -4.20. The van der Waals surface area contributed by atoms with E-state index in [2.05, 4.69) is 20.8 Å². The Morgan fingerprint density at radius 1 is 0.939 bits per heavy atom. The fourth-order valence-electron chi connectivity index (χ4n) is 3.49. The summed E-state index contributed by atoms with van der Waals surface area (Å²) < 4.78 is 13.3. The van der Waals surface area contributed by atoms with E-state index in [1.54, 1.807) is 12.1 Å². The number of para-hydroxylation sites is 2. The number of nitrogens with one attached hydrogen (secondary N) is 1. The van der Waals surface area contributed by atoms with Gasteiger partial charge >= 0.3 is 0 Å². The van der Waals surface area contributed by atoms with Gasteiger partial charge in [0.2, 0.25) is 0 Å². The molecule has 1 aliphatic rings. The molecule has 0 atom stereocenters. The number of carbonyl (C=O) groups is 1. The summed E-state index contributed by atoms with van der Waals surface area (Å²) in [5.41, 5.74) is 1.96. The molecule has 0 radical (unpaired) electrons. The lowest BCUT2D eigenvalue weighted by molar-refractivity contribution is 0.102. The number of hydrogen-bond donors (Lipinski definition) is 1. The highest BCUT2D eigenvalue weighted by Crippen LogP contribution is 2.36. The van der Waals surface area contributed by atoms with E-state index in [4.69, 9.17) is 9.47 Å². The minimum atomic E-state index is -0.256. The smallest absolute Gasteiger partial charge is 0.259 e. The standard InChI is InChI=1S/C25H23N5O3/c31-25(22-11-4-5-12-23(22)33-16-15-32-21-9-2-1-3-10-21)26-19-8-6-7-18(17-19)24-27-28-29-30(24)20-13-14-20/h1-12,17,20H,13-16H2,(H,26,31). The second kappa shape index (κ2) is 9.52. The van der Waals surface area contributed by atoms with Crippen molar-refractivity contribution < 1.29 is 14.3 Å². The maximum atomic E-state index is 13.0. The van der Waals surface area contributed by atoms with Crippen LogP contribution in [-0.4, -0.2) is 39.3 Å². The Morgan fingerprint density at radius 3 is 2.58 bits per heavy atom. The third-order valence-corrected chi connectivity index (χ3v) is 5.25. The van der Waals surface area contributed by atoms with Crippen LogP contribution in [0.4, 0.5) is 5.69 Å². The largest absolute Gasteiger partial charge is 0.490 e. The molecule has 1 fully saturated rings. The molecular formula is C25H23N5O3. The van der Waals surface area contributed by atoms with Crippen LogP contribution in [0.25, 0.3) is 11.4 Å². The van der Waals surface area contributed by atoms with Gasteiger partial charge in [0.05, 0.1) is 11.6 Å². The summed E-state index contributed by atoms with van der Waals surface area (Å²) in [6.45, 7) is 0.691. The number of hydrogen-bond acceptors (Lipinski definition) is 6. The zero-order chi connectivity index (χ0) is 22.5. The Morgan fingerprint density at radius 2 is 1.73 bits per heavy atom. The highest BCUT2D eigenvalue weighted by molar-refractivity contribution is 6.06. The van der Waals surface area contributed by atoms with Crippen molar-refractivity contribution >= 4 is 11.6 Å². The molecule has 0 spiro atoms. The van der Waals surface area contributed by atoms with Crippen molar-refractivity contribution in [3.63, 3.8) is 0 Å². The first-order valence-electron chi connectivity index (χ1n) is 10.9. The highest BCUT2D eigenvalue weighted by atomic mass is 16.5. The number of tetrazole rings is 1. The molecule has 1 amide bonds. The molecule has 8 nitrogen and oxygen atoms in total. The van der Waals surface area contributed by atoms with Gasteiger partial charge in [-0.1, -0.05) is 42.5 Å². The van der Waals surface area contributed by atoms with Gasteiger partial charge < -0.3 is 14.8 Å². The topological polar surface area (TPSA) is 91.2 Å². The van der Waals surface area contributed by atoms with Crippen LogP contribution in [0.15, 0.2) is 78.9 Å². The lowest BCUT2D eigenvalue weighted by atomic mass is 10.1. The molecule has 0 saturated heterocycles. The Bertz CT molecular complexity index is 1240. The first-order chi connectivity index (χ1) is 16.3. The van der Waals surface area contributed by atoms with Crippen LogP contribution in [0.1, 0.15) is 29.2 Å². The van der Waals surface area contributed by atoms with Crippen LogP contribution in [0.3, 0.4) is 0 Å². The predicted octanol–water partition coefficient (Wildman–Crippen LogP) is 4.39. The zero-order valence-electron chi connectivity index (χ0n) is 17.9. The lowest BCUT2D eigenvalue weighted by Crippen LogP contribution is -2.15. The van der Waals surface area contributed by atoms with Gasteiger partial charge in [0.25, 0.3) is 5.91 Å². The van der Waals surface area contributed by atoms with Crippen molar-refractivity contribution in [2.75, 3.05) is 18.5 Å². The van der Waals surface area contributed by atoms with E-state index in [-0.39, 0.29) is 5.91 Å². The number of ether oxygens (including phenoxy) is 2. The van der Waals surface area contributed by atoms with E-state index in [1.807, 2.05) is 71.4 Å². The van der Waals surface area contributed by atoms with Gasteiger partial charge in [-0.05, 0) is 59.7 Å². The molecule has 5 rings (SSSR count). The average molecular weight is 441 g/mol. The molecule has 3 aromatic carbocycles. The molecule has 1 heterocycles. The van der Waals surface area contributed by atoms with Crippen molar-refractivity contribution in [3.05, 3.63) is 84.4 Å². The molecule has 1 aliphatic carbocycles. The normalized spacial score (nSPS) is 12.8. The van der Waals surface area contributed by atoms with E-state index in [1.165, 1.54) is 0 Å². The van der Waals surface area contributed by atoms with Gasteiger partial charge in [-0.3, -0.25) is 4.79 Å². The van der Waals surface area contributed by atoms with Gasteiger partial charge in [-0.25, -0.2) is 4.68 Å². The van der Waals surface area contributed by atoms with Gasteiger partial charge in [-0.15, -0.1) is 5.10 Å². The summed E-state index contributed by atoms with van der Waals surface area (Å²) in [5.74, 6) is 1.73. The van der Waals surface area contributed by atoms with Crippen molar-refractivity contribution in [2.24, 2.45) is 0 Å². The second-order valence-electron chi connectivity index (χ2n) is 7.72. The van der Waals surface area contributed by atoms with E-state index < -0.39 is 0 Å². The maximum absolute atomic E-state index is 13.0. The molecule has 0 unspecified atom stereocenters. The van der Waals surface area contributed by atoms with Crippen LogP contribution < -0.4 is 14.8 Å². The molecular weight excluding hydrogens is 418 g/mol. The van der Waals surface area contributed by atoms with Crippen LogP contribution in [0, 0.1) is 0 Å². The van der Waals surface area contributed by atoms with Crippen molar-refractivity contribution in [1.82, 2.24) is 20.2 Å². The van der Waals surface area contributed by atoms with Crippen LogP contribution in [0.5, 0.6) is 11.5 Å². The molecule has 1 aromatic heterocycles. The summed E-state index contributed by atoms with van der Waals surface area (Å²) in [5, 5.41) is 15.0. The molecule has 1 saturated carbocycles. The highest BCUT2D eigenvalue weighted by Gasteiger charge is 2.28. The Balaban J connectivity index is 1.24. The first-order valence-corrected chi connectivity index (χ1v) is 10.9. The summed E-state index contributed by atoms with van der Waals surface area (Å²) in [7, 11) is 0. The van der Waals surface area contributed by atoms with Crippen molar-refractivity contribution in [1.29, 1.82) is 0 Å². The third kappa shape index (κ3) is 5.01. The number of carbonyl (C=O) groups excluding carboxylic acids is 1. The SMILES string of the molecule is O=C(Nc1cccc(-c2nnnn2C2CC2)c1)c1ccccc1OCCOc1ccccc1. The molecule has 8 heteroatoms. The molecule has 33 heavy (non-hydrogen) atoms. The molecule has 4 aromatic rings. The van der Waals surface area contributed by atoms with E-state index in [0.29, 0.717) is 42.1 Å². The average Bonchev–Trinajstić information content (AvgIpc) is 3.58. The monoisotopic (exact) mass is 441 g/mol. The fourth-order valence-corrected chi connectivity index (χ4v) is 3.49. The van der Waals surface area contributed by atoms with Gasteiger partial charge in [0.1, 0.15) is 24.7 Å². The van der Waals surface area contributed by atoms with Gasteiger partial charge in [0.15, 0.2) is 5.82 Å². The summed E-state index contributed by atoms with van der Waals surface area (Å²) in [4.78, 5) is 13.0. The second-order valence-corrected chi connectivity index (χ2v) is 7.72. The summed E-state index contributed by atoms with van der Waals surface area (Å²) >= 11 is 0. The summed E-state index contributed by atoms with van der Waals surface area (Å²) in [6.07, 6.45) is 2.17.